The molecule has 10 aromatic rings. The lowest BCUT2D eigenvalue weighted by molar-refractivity contribution is 0.668. The molecule has 0 aliphatic carbocycles. The van der Waals surface area contributed by atoms with E-state index in [1.54, 1.807) is 0 Å². The van der Waals surface area contributed by atoms with Gasteiger partial charge < -0.3 is 13.4 Å². The van der Waals surface area contributed by atoms with Gasteiger partial charge in [-0.3, -0.25) is 0 Å². The molecule has 0 aliphatic heterocycles. The second-order valence-corrected chi connectivity index (χ2v) is 11.4. The Kier molecular flexibility index (Phi) is 4.45. The third-order valence-corrected chi connectivity index (χ3v) is 8.96. The maximum atomic E-state index is 6.44. The van der Waals surface area contributed by atoms with E-state index in [2.05, 4.69) is 132 Å². The monoisotopic (exact) mass is 549 g/mol. The Labute approximate surface area is 245 Å². The van der Waals surface area contributed by atoms with Gasteiger partial charge in [-0.05, 0) is 88.6 Å². The zero-order valence-electron chi connectivity index (χ0n) is 23.0. The molecule has 0 saturated carbocycles. The Bertz CT molecular complexity index is 2670. The summed E-state index contributed by atoms with van der Waals surface area (Å²) in [5.41, 5.74) is 9.46. The minimum atomic E-state index is 0.886. The quantitative estimate of drug-likeness (QED) is 0.215. The summed E-state index contributed by atoms with van der Waals surface area (Å²) in [6.07, 6.45) is 0. The molecule has 0 aliphatic rings. The average Bonchev–Trinajstić information content (AvgIpc) is 3.71. The molecule has 3 heterocycles. The van der Waals surface area contributed by atoms with Gasteiger partial charge >= 0.3 is 0 Å². The molecule has 0 amide bonds. The van der Waals surface area contributed by atoms with Crippen molar-refractivity contribution in [3.8, 4) is 16.8 Å². The zero-order chi connectivity index (χ0) is 28.1. The van der Waals surface area contributed by atoms with Crippen LogP contribution in [-0.2, 0) is 0 Å². The standard InChI is InChI=1S/C40H23NO2/c1-4-10-35-29(7-1)30-8-2-5-11-36(30)41(35)28-16-13-24(14-17-28)25-15-18-32-34-20-26-19-33-31-9-3-6-12-37(31)42-39(33)22-27(26)23-40(34)43-38(32)21-25/h1-23H. The molecule has 3 heteroatoms. The predicted molar refractivity (Wildman–Crippen MR) is 178 cm³/mol. The summed E-state index contributed by atoms with van der Waals surface area (Å²) in [4.78, 5) is 0. The lowest BCUT2D eigenvalue weighted by atomic mass is 10.0. The van der Waals surface area contributed by atoms with E-state index in [-0.39, 0.29) is 0 Å². The Hall–Kier alpha value is -5.80. The highest BCUT2D eigenvalue weighted by Crippen LogP contribution is 2.38. The van der Waals surface area contributed by atoms with Crippen molar-refractivity contribution < 1.29 is 8.83 Å². The van der Waals surface area contributed by atoms with Crippen LogP contribution in [0.4, 0.5) is 0 Å². The normalized spacial score (nSPS) is 12.2. The Morgan fingerprint density at radius 1 is 0.349 bits per heavy atom. The van der Waals surface area contributed by atoms with Crippen LogP contribution in [0.2, 0.25) is 0 Å². The van der Waals surface area contributed by atoms with Gasteiger partial charge in [0.25, 0.3) is 0 Å². The van der Waals surface area contributed by atoms with E-state index in [4.69, 9.17) is 8.83 Å². The Morgan fingerprint density at radius 3 is 1.56 bits per heavy atom. The lowest BCUT2D eigenvalue weighted by Gasteiger charge is -2.09. The molecule has 3 nitrogen and oxygen atoms in total. The van der Waals surface area contributed by atoms with Gasteiger partial charge in [-0.15, -0.1) is 0 Å². The predicted octanol–water partition coefficient (Wildman–Crippen LogP) is 11.4. The van der Waals surface area contributed by atoms with Crippen molar-refractivity contribution in [3.63, 3.8) is 0 Å². The van der Waals surface area contributed by atoms with Crippen LogP contribution < -0.4 is 0 Å². The van der Waals surface area contributed by atoms with Gasteiger partial charge in [0.05, 0.1) is 11.0 Å². The highest BCUT2D eigenvalue weighted by atomic mass is 16.3. The first-order valence-corrected chi connectivity index (χ1v) is 14.6. The highest BCUT2D eigenvalue weighted by Gasteiger charge is 2.14. The third kappa shape index (κ3) is 3.25. The van der Waals surface area contributed by atoms with Gasteiger partial charge in [0, 0.05) is 38.0 Å². The molecule has 200 valence electrons. The van der Waals surface area contributed by atoms with Gasteiger partial charge in [0.2, 0.25) is 0 Å². The van der Waals surface area contributed by atoms with E-state index >= 15 is 0 Å². The van der Waals surface area contributed by atoms with Gasteiger partial charge in [-0.1, -0.05) is 72.8 Å². The van der Waals surface area contributed by atoms with Crippen LogP contribution in [0.3, 0.4) is 0 Å². The van der Waals surface area contributed by atoms with Gasteiger partial charge in [0.15, 0.2) is 0 Å². The molecule has 7 aromatic carbocycles. The molecule has 0 atom stereocenters. The van der Waals surface area contributed by atoms with Crippen LogP contribution in [0.15, 0.2) is 148 Å². The van der Waals surface area contributed by atoms with Crippen molar-refractivity contribution in [2.45, 2.75) is 0 Å². The first-order valence-electron chi connectivity index (χ1n) is 14.6. The fourth-order valence-corrected chi connectivity index (χ4v) is 6.93. The van der Waals surface area contributed by atoms with Crippen LogP contribution in [-0.4, -0.2) is 4.57 Å². The molecule has 10 rings (SSSR count). The van der Waals surface area contributed by atoms with Gasteiger partial charge in [-0.25, -0.2) is 0 Å². The molecule has 0 radical (unpaired) electrons. The van der Waals surface area contributed by atoms with Crippen LogP contribution in [0.25, 0.3) is 93.3 Å². The van der Waals surface area contributed by atoms with E-state index < -0.39 is 0 Å². The summed E-state index contributed by atoms with van der Waals surface area (Å²) < 4.78 is 14.9. The SMILES string of the molecule is c1ccc2c(c1)oc1cc3cc4oc5cc(-c6ccc(-n7c8ccccc8c8ccccc87)cc6)ccc5c4cc3cc12. The van der Waals surface area contributed by atoms with E-state index in [1.807, 2.05) is 12.1 Å². The number of benzene rings is 7. The molecule has 43 heavy (non-hydrogen) atoms. The molecule has 0 spiro atoms. The molecule has 0 fully saturated rings. The van der Waals surface area contributed by atoms with Crippen molar-refractivity contribution in [2.24, 2.45) is 0 Å². The Morgan fingerprint density at radius 2 is 0.860 bits per heavy atom. The summed E-state index contributed by atoms with van der Waals surface area (Å²) >= 11 is 0. The van der Waals surface area contributed by atoms with Crippen molar-refractivity contribution in [1.82, 2.24) is 4.57 Å². The maximum Gasteiger partial charge on any atom is 0.136 e. The largest absolute Gasteiger partial charge is 0.456 e. The smallest absolute Gasteiger partial charge is 0.136 e. The number of fused-ring (bicyclic) bond motifs is 10. The molecular weight excluding hydrogens is 526 g/mol. The molecule has 3 aromatic heterocycles. The summed E-state index contributed by atoms with van der Waals surface area (Å²) in [6.45, 7) is 0. The zero-order valence-corrected chi connectivity index (χ0v) is 23.0. The van der Waals surface area contributed by atoms with Gasteiger partial charge in [0.1, 0.15) is 22.3 Å². The molecule has 0 N–H and O–H groups in total. The van der Waals surface area contributed by atoms with Crippen LogP contribution in [0, 0.1) is 0 Å². The number of hydrogen-bond donors (Lipinski definition) is 0. The average molecular weight is 550 g/mol. The first kappa shape index (κ1) is 22.8. The van der Waals surface area contributed by atoms with Crippen LogP contribution in [0.1, 0.15) is 0 Å². The van der Waals surface area contributed by atoms with E-state index in [9.17, 15) is 0 Å². The number of hydrogen-bond acceptors (Lipinski definition) is 2. The second-order valence-electron chi connectivity index (χ2n) is 11.4. The summed E-state index contributed by atoms with van der Waals surface area (Å²) in [5.74, 6) is 0. The van der Waals surface area contributed by atoms with Gasteiger partial charge in [-0.2, -0.15) is 0 Å². The van der Waals surface area contributed by atoms with Crippen molar-refractivity contribution in [2.75, 3.05) is 0 Å². The minimum Gasteiger partial charge on any atom is -0.456 e. The number of aromatic nitrogens is 1. The van der Waals surface area contributed by atoms with Crippen molar-refractivity contribution in [3.05, 3.63) is 140 Å². The highest BCUT2D eigenvalue weighted by molar-refractivity contribution is 6.15. The van der Waals surface area contributed by atoms with Crippen molar-refractivity contribution >= 4 is 76.5 Å². The molecular formula is C40H23NO2. The van der Waals surface area contributed by atoms with Crippen molar-refractivity contribution in [1.29, 1.82) is 0 Å². The number of furan rings is 2. The minimum absolute atomic E-state index is 0.886. The Balaban J connectivity index is 1.08. The summed E-state index contributed by atoms with van der Waals surface area (Å²) in [6, 6.07) is 49.6. The third-order valence-electron chi connectivity index (χ3n) is 8.96. The van der Waals surface area contributed by atoms with E-state index in [1.165, 1.54) is 27.2 Å². The second kappa shape index (κ2) is 8.37. The molecule has 0 saturated heterocycles. The van der Waals surface area contributed by atoms with E-state index in [0.29, 0.717) is 0 Å². The first-order chi connectivity index (χ1) is 21.3. The maximum absolute atomic E-state index is 6.44. The van der Waals surface area contributed by atoms with Crippen LogP contribution in [0.5, 0.6) is 0 Å². The number of nitrogens with zero attached hydrogens (tertiary/aromatic N) is 1. The molecule has 0 bridgehead atoms. The lowest BCUT2D eigenvalue weighted by Crippen LogP contribution is -1.93. The number of rotatable bonds is 2. The summed E-state index contributed by atoms with van der Waals surface area (Å²) in [7, 11) is 0. The number of para-hydroxylation sites is 3. The fourth-order valence-electron chi connectivity index (χ4n) is 6.93. The van der Waals surface area contributed by atoms with Crippen LogP contribution >= 0.6 is 0 Å². The van der Waals surface area contributed by atoms with E-state index in [0.717, 1.165) is 66.1 Å². The topological polar surface area (TPSA) is 31.2 Å². The molecule has 0 unspecified atom stereocenters. The fraction of sp³-hybridized carbons (Fsp3) is 0. The summed E-state index contributed by atoms with van der Waals surface area (Å²) in [5, 5.41) is 9.37.